The van der Waals surface area contributed by atoms with Gasteiger partial charge in [-0.25, -0.2) is 0 Å². The van der Waals surface area contributed by atoms with Gasteiger partial charge in [-0.3, -0.25) is 4.90 Å². The molecular formula is C19H30Br2Cl2N2. The molecule has 144 valence electrons. The summed E-state index contributed by atoms with van der Waals surface area (Å²) in [7, 11) is 2.30. The van der Waals surface area contributed by atoms with Crippen molar-refractivity contribution in [2.75, 3.05) is 26.7 Å². The van der Waals surface area contributed by atoms with Gasteiger partial charge in [0.15, 0.2) is 0 Å². The van der Waals surface area contributed by atoms with Crippen LogP contribution in [0.4, 0.5) is 0 Å². The first-order valence-corrected chi connectivity index (χ1v) is 9.79. The topological polar surface area (TPSA) is 6.48 Å². The average Bonchev–Trinajstić information content (AvgIpc) is 3.10. The lowest BCUT2D eigenvalue weighted by Gasteiger charge is -2.42. The Bertz CT molecular complexity index is 524. The predicted molar refractivity (Wildman–Crippen MR) is 120 cm³/mol. The number of benzene rings is 1. The summed E-state index contributed by atoms with van der Waals surface area (Å²) in [5.74, 6) is 0. The summed E-state index contributed by atoms with van der Waals surface area (Å²) in [5.41, 5.74) is 1.28. The van der Waals surface area contributed by atoms with E-state index in [0.29, 0.717) is 16.1 Å². The van der Waals surface area contributed by atoms with Gasteiger partial charge in [0.2, 0.25) is 0 Å². The normalized spacial score (nSPS) is 24.0. The molecule has 0 radical (unpaired) electrons. The van der Waals surface area contributed by atoms with E-state index in [1.807, 2.05) is 12.1 Å². The summed E-state index contributed by atoms with van der Waals surface area (Å²) < 4.78 is 0. The Morgan fingerprint density at radius 3 is 2.36 bits per heavy atom. The number of likely N-dealkylation sites (tertiary alicyclic amines) is 1. The van der Waals surface area contributed by atoms with Gasteiger partial charge in [-0.05, 0) is 69.9 Å². The lowest BCUT2D eigenvalue weighted by molar-refractivity contribution is 0.0771. The molecule has 1 aromatic rings. The van der Waals surface area contributed by atoms with Crippen LogP contribution in [0.3, 0.4) is 0 Å². The van der Waals surface area contributed by atoms with Crippen molar-refractivity contribution in [3.63, 3.8) is 0 Å². The highest BCUT2D eigenvalue weighted by Gasteiger charge is 2.33. The molecule has 1 aliphatic heterocycles. The minimum atomic E-state index is 0. The van der Waals surface area contributed by atoms with Crippen LogP contribution in [0.2, 0.25) is 10.0 Å². The highest BCUT2D eigenvalue weighted by atomic mass is 79.9. The number of halogens is 4. The highest BCUT2D eigenvalue weighted by Crippen LogP contribution is 2.29. The average molecular weight is 517 g/mol. The zero-order valence-corrected chi connectivity index (χ0v) is 19.9. The molecule has 2 atom stereocenters. The summed E-state index contributed by atoms with van der Waals surface area (Å²) in [6, 6.07) is 7.50. The van der Waals surface area contributed by atoms with E-state index in [1.54, 1.807) is 0 Å². The maximum absolute atomic E-state index is 6.13. The van der Waals surface area contributed by atoms with Gasteiger partial charge in [0, 0.05) is 18.6 Å². The van der Waals surface area contributed by atoms with Crippen LogP contribution in [-0.2, 0) is 6.42 Å². The highest BCUT2D eigenvalue weighted by molar-refractivity contribution is 8.93. The molecule has 1 aliphatic carbocycles. The number of nitrogens with zero attached hydrogens (tertiary/aromatic N) is 2. The number of hydrogen-bond donors (Lipinski definition) is 0. The van der Waals surface area contributed by atoms with E-state index in [4.69, 9.17) is 23.2 Å². The third-order valence-electron chi connectivity index (χ3n) is 5.61. The molecule has 2 unspecified atom stereocenters. The fourth-order valence-corrected chi connectivity index (χ4v) is 4.59. The molecule has 1 saturated heterocycles. The number of likely N-dealkylation sites (N-methyl/N-ethyl adjacent to an activating group) is 1. The molecular weight excluding hydrogens is 487 g/mol. The van der Waals surface area contributed by atoms with Crippen molar-refractivity contribution in [3.05, 3.63) is 33.8 Å². The van der Waals surface area contributed by atoms with Gasteiger partial charge in [-0.2, -0.15) is 0 Å². The van der Waals surface area contributed by atoms with Crippen LogP contribution in [0.5, 0.6) is 0 Å². The van der Waals surface area contributed by atoms with Gasteiger partial charge in [-0.1, -0.05) is 42.1 Å². The van der Waals surface area contributed by atoms with E-state index < -0.39 is 0 Å². The van der Waals surface area contributed by atoms with Crippen molar-refractivity contribution in [2.45, 2.75) is 57.0 Å². The summed E-state index contributed by atoms with van der Waals surface area (Å²) in [6.45, 7) is 3.70. The second-order valence-electron chi connectivity index (χ2n) is 7.14. The molecule has 0 spiro atoms. The van der Waals surface area contributed by atoms with Gasteiger partial charge >= 0.3 is 0 Å². The van der Waals surface area contributed by atoms with E-state index in [2.05, 4.69) is 22.9 Å². The van der Waals surface area contributed by atoms with Crippen LogP contribution in [-0.4, -0.2) is 48.6 Å². The van der Waals surface area contributed by atoms with Crippen LogP contribution in [0.1, 0.15) is 44.1 Å². The van der Waals surface area contributed by atoms with E-state index >= 15 is 0 Å². The second kappa shape index (κ2) is 11.5. The molecule has 0 bridgehead atoms. The quantitative estimate of drug-likeness (QED) is 0.471. The summed E-state index contributed by atoms with van der Waals surface area (Å²) in [6.07, 6.45) is 9.31. The maximum Gasteiger partial charge on any atom is 0.0595 e. The molecule has 0 aromatic heterocycles. The molecule has 25 heavy (non-hydrogen) atoms. The fourth-order valence-electron chi connectivity index (χ4n) is 4.27. The Balaban J connectivity index is 0.00000156. The van der Waals surface area contributed by atoms with Gasteiger partial charge in [-0.15, -0.1) is 34.0 Å². The summed E-state index contributed by atoms with van der Waals surface area (Å²) in [5, 5.41) is 1.31. The smallest absolute Gasteiger partial charge is 0.0595 e. The van der Waals surface area contributed by atoms with Crippen molar-refractivity contribution in [2.24, 2.45) is 0 Å². The van der Waals surface area contributed by atoms with Crippen LogP contribution in [0.25, 0.3) is 0 Å². The third kappa shape index (κ3) is 6.36. The van der Waals surface area contributed by atoms with Crippen molar-refractivity contribution in [3.8, 4) is 0 Å². The Morgan fingerprint density at radius 1 is 1.00 bits per heavy atom. The standard InChI is InChI=1S/C19H28Cl2N2.2BrH/c1-22(13-10-15-8-9-16(20)17(21)14-15)18-6-2-3-7-19(18)23-11-4-5-12-23;;/h8-9,14,18-19H,2-7,10-13H2,1H3;2*1H. The van der Waals surface area contributed by atoms with Gasteiger partial charge < -0.3 is 4.90 Å². The summed E-state index contributed by atoms with van der Waals surface area (Å²) >= 11 is 12.1. The number of hydrogen-bond acceptors (Lipinski definition) is 2. The Hall–Kier alpha value is 0.680. The molecule has 2 nitrogen and oxygen atoms in total. The summed E-state index contributed by atoms with van der Waals surface area (Å²) in [4.78, 5) is 5.34. The zero-order chi connectivity index (χ0) is 16.2. The van der Waals surface area contributed by atoms with Gasteiger partial charge in [0.25, 0.3) is 0 Å². The SMILES string of the molecule is Br.Br.CN(CCc1ccc(Cl)c(Cl)c1)C1CCCCC1N1CCCC1. The molecule has 1 aromatic carbocycles. The van der Waals surface area contributed by atoms with Gasteiger partial charge in [0.05, 0.1) is 10.0 Å². The molecule has 6 heteroatoms. The molecule has 2 aliphatic rings. The lowest BCUT2D eigenvalue weighted by Crippen LogP contribution is -2.51. The molecule has 3 rings (SSSR count). The van der Waals surface area contributed by atoms with E-state index in [-0.39, 0.29) is 34.0 Å². The minimum Gasteiger partial charge on any atom is -0.302 e. The minimum absolute atomic E-state index is 0. The van der Waals surface area contributed by atoms with E-state index in [9.17, 15) is 0 Å². The first kappa shape index (κ1) is 23.7. The van der Waals surface area contributed by atoms with Crippen LogP contribution in [0, 0.1) is 0 Å². The molecule has 0 amide bonds. The molecule has 1 heterocycles. The van der Waals surface area contributed by atoms with E-state index in [1.165, 1.54) is 57.2 Å². The van der Waals surface area contributed by atoms with Crippen molar-refractivity contribution < 1.29 is 0 Å². The van der Waals surface area contributed by atoms with Crippen LogP contribution >= 0.6 is 57.2 Å². The predicted octanol–water partition coefficient (Wildman–Crippen LogP) is 6.03. The first-order chi connectivity index (χ1) is 11.1. The maximum atomic E-state index is 6.13. The van der Waals surface area contributed by atoms with E-state index in [0.717, 1.165) is 19.0 Å². The van der Waals surface area contributed by atoms with Crippen molar-refractivity contribution in [1.29, 1.82) is 0 Å². The van der Waals surface area contributed by atoms with Crippen LogP contribution < -0.4 is 0 Å². The zero-order valence-electron chi connectivity index (χ0n) is 14.9. The molecule has 1 saturated carbocycles. The Morgan fingerprint density at radius 2 is 1.68 bits per heavy atom. The molecule has 2 fully saturated rings. The Labute approximate surface area is 183 Å². The monoisotopic (exact) mass is 514 g/mol. The first-order valence-electron chi connectivity index (χ1n) is 9.03. The second-order valence-corrected chi connectivity index (χ2v) is 7.96. The Kier molecular flexibility index (Phi) is 10.9. The lowest BCUT2D eigenvalue weighted by atomic mass is 9.88. The van der Waals surface area contributed by atoms with Crippen molar-refractivity contribution in [1.82, 2.24) is 9.80 Å². The molecule has 0 N–H and O–H groups in total. The van der Waals surface area contributed by atoms with Gasteiger partial charge in [0.1, 0.15) is 0 Å². The van der Waals surface area contributed by atoms with Crippen molar-refractivity contribution >= 4 is 57.2 Å². The largest absolute Gasteiger partial charge is 0.302 e. The number of rotatable bonds is 5. The van der Waals surface area contributed by atoms with Crippen LogP contribution in [0.15, 0.2) is 18.2 Å². The third-order valence-corrected chi connectivity index (χ3v) is 6.35. The fraction of sp³-hybridized carbons (Fsp3) is 0.684.